The summed E-state index contributed by atoms with van der Waals surface area (Å²) in [6.45, 7) is 6.59. The Labute approximate surface area is 247 Å². The number of hydrogen-bond donors (Lipinski definition) is 5. The first-order chi connectivity index (χ1) is 17.3. The summed E-state index contributed by atoms with van der Waals surface area (Å²) >= 11 is 0. The second-order valence-electron chi connectivity index (χ2n) is 8.42. The van der Waals surface area contributed by atoms with Gasteiger partial charge in [0, 0.05) is 24.3 Å². The van der Waals surface area contributed by atoms with Gasteiger partial charge in [-0.15, -0.1) is 0 Å². The largest absolute Gasteiger partial charge is 0.550 e. The summed E-state index contributed by atoms with van der Waals surface area (Å²) in [5.41, 5.74) is 0. The molecule has 0 aliphatic carbocycles. The Kier molecular flexibility index (Phi) is 65.9. The predicted molar refractivity (Wildman–Crippen MR) is 158 cm³/mol. The normalized spacial score (nSPS) is 9.39. The number of carbonyl (C=O) groups is 5. The van der Waals surface area contributed by atoms with Crippen LogP contribution in [0.15, 0.2) is 12.2 Å². The van der Waals surface area contributed by atoms with Crippen molar-refractivity contribution in [2.75, 3.05) is 0 Å². The molecule has 0 unspecified atom stereocenters. The lowest BCUT2D eigenvalue weighted by atomic mass is 10.1. The van der Waals surface area contributed by atoms with Crippen molar-refractivity contribution in [3.63, 3.8) is 0 Å². The maximum atomic E-state index is 11.5. The van der Waals surface area contributed by atoms with E-state index in [-0.39, 0.29) is 30.5 Å². The predicted octanol–water partition coefficient (Wildman–Crippen LogP) is 2.05. The fraction of sp³-hybridized carbons (Fsp3) is 0.741. The highest BCUT2D eigenvalue weighted by atomic mass is 16.4. The molecule has 0 heterocycles. The Bertz CT molecular complexity index is 594. The molecule has 0 bridgehead atoms. The molecule has 17 N–H and O–H groups in total. The van der Waals surface area contributed by atoms with Crippen molar-refractivity contribution < 1.29 is 44.4 Å². The molecule has 14 nitrogen and oxygen atoms in total. The third-order valence-electron chi connectivity index (χ3n) is 4.40. The van der Waals surface area contributed by atoms with Crippen LogP contribution in [-0.4, -0.2) is 35.8 Å². The third kappa shape index (κ3) is 93.7. The summed E-state index contributed by atoms with van der Waals surface area (Å²) in [4.78, 5) is 48.7. The van der Waals surface area contributed by atoms with Crippen LogP contribution < -0.4 is 50.3 Å². The zero-order valence-corrected chi connectivity index (χ0v) is 27.3. The molecule has 250 valence electrons. The number of unbranched alkanes of at least 4 members (excludes halogenated alkanes) is 11. The first-order valence-corrected chi connectivity index (χ1v) is 13.0. The number of hydrogen-bond acceptors (Lipinski definition) is 9. The SMILES string of the molecule is CC(=O)[O-].CC(=O)[O-].CC(=O)[O-].CCCCCCCC/C=C\CCCCCCCC(=O)N[C@@H](C)C(=O)[O-].[NH4+].[NH4+].[NH4+].[NH4+]. The molecule has 0 aromatic rings. The Morgan fingerprint density at radius 2 is 0.878 bits per heavy atom. The highest BCUT2D eigenvalue weighted by Crippen LogP contribution is 2.10. The van der Waals surface area contributed by atoms with Gasteiger partial charge >= 0.3 is 0 Å². The second-order valence-corrected chi connectivity index (χ2v) is 8.42. The van der Waals surface area contributed by atoms with E-state index in [0.29, 0.717) is 6.42 Å². The molecule has 0 aromatic heterocycles. The fourth-order valence-corrected chi connectivity index (χ4v) is 2.73. The molecule has 1 amide bonds. The Hall–Kier alpha value is -3.07. The second kappa shape index (κ2) is 46.8. The monoisotopic (exact) mass is 601 g/mol. The van der Waals surface area contributed by atoms with E-state index in [1.165, 1.54) is 64.7 Å². The van der Waals surface area contributed by atoms with Crippen LogP contribution in [0.3, 0.4) is 0 Å². The van der Waals surface area contributed by atoms with Crippen molar-refractivity contribution in [1.29, 1.82) is 0 Å². The molecule has 0 aromatic carbocycles. The van der Waals surface area contributed by atoms with Crippen molar-refractivity contribution in [2.45, 2.75) is 131 Å². The van der Waals surface area contributed by atoms with Crippen LogP contribution in [0.2, 0.25) is 0 Å². The first-order valence-electron chi connectivity index (χ1n) is 13.0. The number of amides is 1. The van der Waals surface area contributed by atoms with E-state index < -0.39 is 29.9 Å². The van der Waals surface area contributed by atoms with Crippen LogP contribution in [-0.2, 0) is 24.0 Å². The van der Waals surface area contributed by atoms with Crippen LogP contribution >= 0.6 is 0 Å². The molecule has 0 rings (SSSR count). The number of rotatable bonds is 17. The Morgan fingerprint density at radius 3 is 1.20 bits per heavy atom. The smallest absolute Gasteiger partial charge is 0.220 e. The number of carboxylic acids is 4. The highest BCUT2D eigenvalue weighted by Gasteiger charge is 2.07. The van der Waals surface area contributed by atoms with E-state index >= 15 is 0 Å². The first kappa shape index (κ1) is 57.7. The standard InChI is InChI=1S/C21H39NO3.3C2H4O2.4H3N/c1-3-4-5-6-7-8-9-10-11-12-13-14-15-16-17-18-20(23)22-19(2)21(24)25;3*1-2(3)4;;;;/h10-11,19H,3-9,12-18H2,1-2H3,(H,22,23)(H,24,25);3*1H3,(H,3,4);4*1H3/b11-10-;;;;;;;/t19-;;;;;;;/m0......./s1. The van der Waals surface area contributed by atoms with Gasteiger partial charge in [0.2, 0.25) is 5.91 Å². The lowest BCUT2D eigenvalue weighted by Crippen LogP contribution is -2.45. The summed E-state index contributed by atoms with van der Waals surface area (Å²) < 4.78 is 0. The molecule has 0 spiro atoms. The van der Waals surface area contributed by atoms with Crippen LogP contribution in [0, 0.1) is 0 Å². The lowest BCUT2D eigenvalue weighted by molar-refractivity contribution is -0.308. The van der Waals surface area contributed by atoms with Gasteiger partial charge in [-0.25, -0.2) is 0 Å². The van der Waals surface area contributed by atoms with Crippen molar-refractivity contribution in [1.82, 2.24) is 29.9 Å². The Balaban J connectivity index is -0.0000000959. The number of carbonyl (C=O) groups excluding carboxylic acids is 5. The molecule has 0 radical (unpaired) electrons. The summed E-state index contributed by atoms with van der Waals surface area (Å²) in [5.74, 6) is -4.69. The van der Waals surface area contributed by atoms with Crippen LogP contribution in [0.25, 0.3) is 0 Å². The van der Waals surface area contributed by atoms with Gasteiger partial charge in [0.25, 0.3) is 0 Å². The topological polar surface area (TPSA) is 336 Å². The molecular formula is C27H63N5O9. The minimum atomic E-state index is -1.24. The minimum Gasteiger partial charge on any atom is -0.550 e. The molecule has 41 heavy (non-hydrogen) atoms. The van der Waals surface area contributed by atoms with E-state index in [1.807, 2.05) is 0 Å². The van der Waals surface area contributed by atoms with E-state index in [4.69, 9.17) is 29.7 Å². The van der Waals surface area contributed by atoms with Gasteiger partial charge in [0.1, 0.15) is 0 Å². The summed E-state index contributed by atoms with van der Waals surface area (Å²) in [6, 6.07) is -0.907. The van der Waals surface area contributed by atoms with Crippen molar-refractivity contribution in [3.8, 4) is 0 Å². The maximum Gasteiger partial charge on any atom is 0.220 e. The van der Waals surface area contributed by atoms with Gasteiger partial charge in [-0.3, -0.25) is 4.79 Å². The third-order valence-corrected chi connectivity index (χ3v) is 4.40. The molecule has 0 fully saturated rings. The van der Waals surface area contributed by atoms with Gasteiger partial charge in [-0.2, -0.15) is 0 Å². The zero-order chi connectivity index (χ0) is 29.5. The van der Waals surface area contributed by atoms with E-state index in [9.17, 15) is 14.7 Å². The summed E-state index contributed by atoms with van der Waals surface area (Å²) in [7, 11) is 0. The van der Waals surface area contributed by atoms with Gasteiger partial charge in [-0.05, 0) is 59.8 Å². The lowest BCUT2D eigenvalue weighted by Gasteiger charge is -2.14. The van der Waals surface area contributed by atoms with E-state index in [2.05, 4.69) is 24.4 Å². The molecule has 1 atom stereocenters. The summed E-state index contributed by atoms with van der Waals surface area (Å²) in [5, 5.41) is 39.6. The number of allylic oxidation sites excluding steroid dienone is 2. The average Bonchev–Trinajstić information content (AvgIpc) is 2.75. The number of aliphatic carboxylic acids is 4. The van der Waals surface area contributed by atoms with Crippen LogP contribution in [0.1, 0.15) is 125 Å². The molecule has 14 heteroatoms. The molecule has 0 aliphatic rings. The zero-order valence-electron chi connectivity index (χ0n) is 27.3. The minimum absolute atomic E-state index is 0. The molecule has 0 saturated carbocycles. The number of quaternary nitrogens is 4. The highest BCUT2D eigenvalue weighted by molar-refractivity contribution is 5.82. The van der Waals surface area contributed by atoms with Crippen LogP contribution in [0.4, 0.5) is 0 Å². The van der Waals surface area contributed by atoms with Gasteiger partial charge in [-0.1, -0.05) is 70.4 Å². The van der Waals surface area contributed by atoms with Crippen molar-refractivity contribution in [3.05, 3.63) is 12.2 Å². The maximum absolute atomic E-state index is 11.5. The number of nitrogens with one attached hydrogen (secondary N) is 1. The molecule has 0 saturated heterocycles. The van der Waals surface area contributed by atoms with Gasteiger partial charge < -0.3 is 69.5 Å². The fourth-order valence-electron chi connectivity index (χ4n) is 2.73. The van der Waals surface area contributed by atoms with Crippen LogP contribution in [0.5, 0.6) is 0 Å². The van der Waals surface area contributed by atoms with Crippen molar-refractivity contribution >= 4 is 29.8 Å². The van der Waals surface area contributed by atoms with Crippen molar-refractivity contribution in [2.24, 2.45) is 0 Å². The Morgan fingerprint density at radius 1 is 0.585 bits per heavy atom. The average molecular weight is 602 g/mol. The summed E-state index contributed by atoms with van der Waals surface area (Å²) in [6.07, 6.45) is 20.9. The molecule has 0 aliphatic heterocycles. The van der Waals surface area contributed by atoms with Gasteiger partial charge in [0.15, 0.2) is 0 Å². The number of carboxylic acid groups (broad SMARTS) is 4. The van der Waals surface area contributed by atoms with E-state index in [0.717, 1.165) is 46.5 Å². The van der Waals surface area contributed by atoms with E-state index in [1.54, 1.807) is 0 Å². The quantitative estimate of drug-likeness (QED) is 0.120. The van der Waals surface area contributed by atoms with Gasteiger partial charge in [0.05, 0.1) is 12.0 Å². The molecular weight excluding hydrogens is 538 g/mol.